The van der Waals surface area contributed by atoms with Crippen molar-refractivity contribution in [1.82, 2.24) is 4.90 Å². The summed E-state index contributed by atoms with van der Waals surface area (Å²) in [6.45, 7) is 0.539. The van der Waals surface area contributed by atoms with Gasteiger partial charge in [-0.2, -0.15) is 0 Å². The van der Waals surface area contributed by atoms with Gasteiger partial charge >= 0.3 is 0 Å². The van der Waals surface area contributed by atoms with E-state index in [1.165, 1.54) is 22.4 Å². The van der Waals surface area contributed by atoms with Gasteiger partial charge in [-0.1, -0.05) is 53.5 Å². The van der Waals surface area contributed by atoms with E-state index in [4.69, 9.17) is 34.8 Å². The number of anilines is 1. The van der Waals surface area contributed by atoms with Crippen molar-refractivity contribution >= 4 is 52.3 Å². The van der Waals surface area contributed by atoms with Gasteiger partial charge in [0, 0.05) is 25.7 Å². The Morgan fingerprint density at radius 2 is 1.77 bits per heavy atom. The number of alkyl halides is 3. The van der Waals surface area contributed by atoms with Gasteiger partial charge < -0.3 is 9.80 Å². The smallest absolute Gasteiger partial charge is 0.249 e. The first kappa shape index (κ1) is 21.1. The van der Waals surface area contributed by atoms with Crippen molar-refractivity contribution in [3.8, 4) is 11.1 Å². The third kappa shape index (κ3) is 3.44. The predicted molar refractivity (Wildman–Crippen MR) is 125 cm³/mol. The minimum absolute atomic E-state index is 0.113. The molecule has 2 fully saturated rings. The Morgan fingerprint density at radius 3 is 2.52 bits per heavy atom. The van der Waals surface area contributed by atoms with Crippen LogP contribution in [-0.2, 0) is 22.4 Å². The molecular formula is C24H23Cl3N2O2. The molecule has 0 bridgehead atoms. The summed E-state index contributed by atoms with van der Waals surface area (Å²) in [7, 11) is 1.60. The lowest BCUT2D eigenvalue weighted by Gasteiger charge is -2.26. The van der Waals surface area contributed by atoms with E-state index < -0.39 is 21.2 Å². The zero-order chi connectivity index (χ0) is 22.0. The van der Waals surface area contributed by atoms with Crippen LogP contribution in [0.3, 0.4) is 0 Å². The molecule has 0 aromatic heterocycles. The largest absolute Gasteiger partial charge is 0.332 e. The van der Waals surface area contributed by atoms with E-state index in [0.29, 0.717) is 13.0 Å². The highest BCUT2D eigenvalue weighted by atomic mass is 35.5. The third-order valence-corrected chi connectivity index (χ3v) is 8.54. The van der Waals surface area contributed by atoms with Gasteiger partial charge in [-0.15, -0.1) is 11.6 Å². The van der Waals surface area contributed by atoms with E-state index in [1.807, 2.05) is 18.2 Å². The third-order valence-electron chi connectivity index (χ3n) is 6.81. The number of benzene rings is 2. The van der Waals surface area contributed by atoms with E-state index in [0.717, 1.165) is 29.7 Å². The molecule has 2 aliphatic carbocycles. The fourth-order valence-electron chi connectivity index (χ4n) is 4.80. The van der Waals surface area contributed by atoms with Crippen LogP contribution >= 0.6 is 34.8 Å². The summed E-state index contributed by atoms with van der Waals surface area (Å²) in [5.74, 6) is -0.510. The zero-order valence-corrected chi connectivity index (χ0v) is 19.5. The van der Waals surface area contributed by atoms with Crippen molar-refractivity contribution in [2.24, 2.45) is 0 Å². The second kappa shape index (κ2) is 7.40. The Balaban J connectivity index is 1.35. The molecule has 2 amide bonds. The molecular weight excluding hydrogens is 455 g/mol. The minimum atomic E-state index is -1.34. The Labute approximate surface area is 197 Å². The van der Waals surface area contributed by atoms with E-state index in [-0.39, 0.29) is 12.3 Å². The topological polar surface area (TPSA) is 40.6 Å². The molecule has 31 heavy (non-hydrogen) atoms. The molecule has 2 aromatic carbocycles. The van der Waals surface area contributed by atoms with Gasteiger partial charge in [0.15, 0.2) is 4.87 Å². The summed E-state index contributed by atoms with van der Waals surface area (Å²) >= 11 is 18.4. The number of rotatable bonds is 4. The standard InChI is InChI=1S/C24H23Cl3N2O2/c1-28(22(31)23(25)14-24(23,26)27)20-10-11-29(21(20)30)19-7-3-6-17(13-19)18-9-8-15-4-2-5-16(15)12-18/h3,6-9,12-13,20H,2,4-5,10-11,14H2,1H3. The molecule has 7 heteroatoms. The van der Waals surface area contributed by atoms with Crippen LogP contribution in [0.4, 0.5) is 5.69 Å². The lowest BCUT2D eigenvalue weighted by Crippen LogP contribution is -2.47. The van der Waals surface area contributed by atoms with E-state index in [2.05, 4.69) is 24.3 Å². The molecule has 3 aliphatic rings. The molecule has 2 aromatic rings. The Bertz CT molecular complexity index is 1090. The fraction of sp³-hybridized carbons (Fsp3) is 0.417. The summed E-state index contributed by atoms with van der Waals surface area (Å²) in [6, 6.07) is 14.1. The number of halogens is 3. The van der Waals surface area contributed by atoms with Crippen molar-refractivity contribution in [3.63, 3.8) is 0 Å². The number of nitrogens with zero attached hydrogens (tertiary/aromatic N) is 2. The first-order valence-electron chi connectivity index (χ1n) is 10.6. The van der Waals surface area contributed by atoms with Crippen LogP contribution in [0, 0.1) is 0 Å². The van der Waals surface area contributed by atoms with E-state index in [9.17, 15) is 9.59 Å². The molecule has 0 N–H and O–H groups in total. The first-order chi connectivity index (χ1) is 14.7. The van der Waals surface area contributed by atoms with Crippen molar-refractivity contribution in [2.45, 2.75) is 47.4 Å². The molecule has 2 atom stereocenters. The van der Waals surface area contributed by atoms with Gasteiger partial charge in [-0.3, -0.25) is 9.59 Å². The lowest BCUT2D eigenvalue weighted by molar-refractivity contribution is -0.137. The average Bonchev–Trinajstić information content (AvgIpc) is 3.14. The average molecular weight is 478 g/mol. The molecule has 2 unspecified atom stereocenters. The van der Waals surface area contributed by atoms with Crippen LogP contribution in [0.1, 0.15) is 30.4 Å². The Morgan fingerprint density at radius 1 is 1.06 bits per heavy atom. The zero-order valence-electron chi connectivity index (χ0n) is 17.2. The van der Waals surface area contributed by atoms with Crippen LogP contribution in [0.15, 0.2) is 42.5 Å². The van der Waals surface area contributed by atoms with Gasteiger partial charge in [-0.05, 0) is 60.1 Å². The number of hydrogen-bond acceptors (Lipinski definition) is 2. The molecule has 1 heterocycles. The van der Waals surface area contributed by atoms with Crippen LogP contribution in [0.25, 0.3) is 11.1 Å². The summed E-state index contributed by atoms with van der Waals surface area (Å²) in [5, 5.41) is 0. The summed E-state index contributed by atoms with van der Waals surface area (Å²) in [6.07, 6.45) is 4.22. The van der Waals surface area contributed by atoms with E-state index in [1.54, 1.807) is 11.9 Å². The maximum Gasteiger partial charge on any atom is 0.249 e. The summed E-state index contributed by atoms with van der Waals surface area (Å²) in [5.41, 5.74) is 5.94. The predicted octanol–water partition coefficient (Wildman–Crippen LogP) is 4.96. The lowest BCUT2D eigenvalue weighted by atomic mass is 10.00. The van der Waals surface area contributed by atoms with Gasteiger partial charge in [0.25, 0.3) is 0 Å². The maximum absolute atomic E-state index is 13.2. The number of carbonyl (C=O) groups is 2. The number of amides is 2. The highest BCUT2D eigenvalue weighted by Gasteiger charge is 2.72. The van der Waals surface area contributed by atoms with Crippen LogP contribution in [0.2, 0.25) is 0 Å². The van der Waals surface area contributed by atoms with Crippen LogP contribution in [-0.4, -0.2) is 45.6 Å². The molecule has 0 spiro atoms. The second-order valence-corrected chi connectivity index (χ2v) is 10.9. The number of likely N-dealkylation sites (N-methyl/N-ethyl adjacent to an activating group) is 1. The van der Waals surface area contributed by atoms with E-state index >= 15 is 0 Å². The molecule has 1 saturated carbocycles. The molecule has 1 saturated heterocycles. The molecule has 1 aliphatic heterocycles. The van der Waals surface area contributed by atoms with Gasteiger partial charge in [0.2, 0.25) is 11.8 Å². The summed E-state index contributed by atoms with van der Waals surface area (Å²) in [4.78, 5) is 27.8. The van der Waals surface area contributed by atoms with Crippen molar-refractivity contribution in [1.29, 1.82) is 0 Å². The highest BCUT2D eigenvalue weighted by Crippen LogP contribution is 2.62. The van der Waals surface area contributed by atoms with Gasteiger partial charge in [-0.25, -0.2) is 0 Å². The number of fused-ring (bicyclic) bond motifs is 1. The molecule has 5 rings (SSSR count). The highest BCUT2D eigenvalue weighted by molar-refractivity contribution is 6.62. The molecule has 4 nitrogen and oxygen atoms in total. The fourth-order valence-corrected chi connectivity index (χ4v) is 5.83. The normalized spacial score (nSPS) is 26.1. The minimum Gasteiger partial charge on any atom is -0.332 e. The van der Waals surface area contributed by atoms with Crippen molar-refractivity contribution in [3.05, 3.63) is 53.6 Å². The Hall–Kier alpha value is -1.75. The van der Waals surface area contributed by atoms with Crippen LogP contribution < -0.4 is 4.90 Å². The van der Waals surface area contributed by atoms with Gasteiger partial charge in [0.05, 0.1) is 0 Å². The monoisotopic (exact) mass is 476 g/mol. The second-order valence-electron chi connectivity index (χ2n) is 8.78. The molecule has 162 valence electrons. The maximum atomic E-state index is 13.2. The number of hydrogen-bond donors (Lipinski definition) is 0. The molecule has 0 radical (unpaired) electrons. The van der Waals surface area contributed by atoms with Gasteiger partial charge in [0.1, 0.15) is 10.4 Å². The van der Waals surface area contributed by atoms with Crippen LogP contribution in [0.5, 0.6) is 0 Å². The summed E-state index contributed by atoms with van der Waals surface area (Å²) < 4.78 is -1.27. The Kier molecular flexibility index (Phi) is 5.04. The number of carbonyl (C=O) groups excluding carboxylic acids is 2. The number of aryl methyl sites for hydroxylation is 2. The SMILES string of the molecule is CN(C(=O)C1(Cl)CC1(Cl)Cl)C1CCN(c2cccc(-c3ccc4c(c3)CCC4)c2)C1=O. The van der Waals surface area contributed by atoms with Crippen molar-refractivity contribution < 1.29 is 9.59 Å². The quantitative estimate of drug-likeness (QED) is 0.584. The first-order valence-corrected chi connectivity index (χ1v) is 11.7. The van der Waals surface area contributed by atoms with Crippen molar-refractivity contribution in [2.75, 3.05) is 18.5 Å².